The van der Waals surface area contributed by atoms with Crippen molar-refractivity contribution in [3.05, 3.63) is 0 Å². The predicted octanol–water partition coefficient (Wildman–Crippen LogP) is 4.77. The van der Waals surface area contributed by atoms with E-state index >= 15 is 0 Å². The fourth-order valence-electron chi connectivity index (χ4n) is 0.356. The minimum atomic E-state index is -5.30. The van der Waals surface area contributed by atoms with Gasteiger partial charge in [-0.3, -0.25) is 0 Å². The fourth-order valence-corrected chi connectivity index (χ4v) is 1.53. The Morgan fingerprint density at radius 1 is 0.786 bits per heavy atom. The van der Waals surface area contributed by atoms with E-state index in [9.17, 15) is 26.3 Å². The molecule has 0 bridgehead atoms. The molecule has 0 aliphatic carbocycles. The molecule has 0 amide bonds. The molecule has 2 atom stereocenters. The van der Waals surface area contributed by atoms with Gasteiger partial charge in [0.2, 0.25) is 0 Å². The Bertz CT molecular complexity index is 195. The molecule has 0 aromatic heterocycles. The van der Waals surface area contributed by atoms with Gasteiger partial charge in [-0.15, -0.1) is 0 Å². The van der Waals surface area contributed by atoms with Crippen LogP contribution in [0, 0.1) is 0 Å². The molecule has 86 valence electrons. The standard InChI is InChI=1S/C4Br2Cl2F6/c5-1(9,4(8,13)14)2(10,11)3(6,7)12. The molecule has 0 aliphatic rings. The number of halogens is 10. The highest BCUT2D eigenvalue weighted by atomic mass is 79.9. The molecule has 0 spiro atoms. The van der Waals surface area contributed by atoms with Crippen molar-refractivity contribution in [1.82, 2.24) is 0 Å². The number of hydrogen-bond acceptors (Lipinski definition) is 0. The lowest BCUT2D eigenvalue weighted by Gasteiger charge is -2.34. The first kappa shape index (κ1) is 15.1. The normalized spacial score (nSPS) is 22.7. The van der Waals surface area contributed by atoms with E-state index in [4.69, 9.17) is 0 Å². The van der Waals surface area contributed by atoms with Gasteiger partial charge in [0.05, 0.1) is 0 Å². The van der Waals surface area contributed by atoms with Crippen molar-refractivity contribution in [2.75, 3.05) is 0 Å². The van der Waals surface area contributed by atoms with Gasteiger partial charge in [-0.05, 0) is 43.5 Å². The van der Waals surface area contributed by atoms with Crippen LogP contribution in [-0.2, 0) is 0 Å². The van der Waals surface area contributed by atoms with Crippen molar-refractivity contribution in [3.63, 3.8) is 0 Å². The molecule has 0 nitrogen and oxygen atoms in total. The Morgan fingerprint density at radius 2 is 1.07 bits per heavy atom. The summed E-state index contributed by atoms with van der Waals surface area (Å²) in [5, 5.41) is -5.05. The second kappa shape index (κ2) is 3.85. The zero-order valence-electron chi connectivity index (χ0n) is 5.78. The van der Waals surface area contributed by atoms with Crippen LogP contribution in [0.1, 0.15) is 0 Å². The van der Waals surface area contributed by atoms with Gasteiger partial charge in [-0.2, -0.15) is 17.6 Å². The minimum absolute atomic E-state index is 1.31. The maximum absolute atomic E-state index is 12.8. The van der Waals surface area contributed by atoms with Gasteiger partial charge in [0.25, 0.3) is 0 Å². The van der Waals surface area contributed by atoms with Gasteiger partial charge in [0, 0.05) is 0 Å². The number of rotatable bonds is 3. The highest BCUT2D eigenvalue weighted by Gasteiger charge is 2.76. The van der Waals surface area contributed by atoms with Gasteiger partial charge < -0.3 is 0 Å². The van der Waals surface area contributed by atoms with Crippen molar-refractivity contribution in [2.45, 2.75) is 19.9 Å². The first-order valence-corrected chi connectivity index (χ1v) is 4.98. The Morgan fingerprint density at radius 3 is 1.14 bits per heavy atom. The molecule has 2 unspecified atom stereocenters. The summed E-state index contributed by atoms with van der Waals surface area (Å²) in [6.45, 7) is 0. The Balaban J connectivity index is 5.30. The molecule has 0 aromatic rings. The molecule has 0 fully saturated rings. The maximum atomic E-state index is 12.8. The third-order valence-corrected chi connectivity index (χ3v) is 3.33. The zero-order valence-corrected chi connectivity index (χ0v) is 10.5. The van der Waals surface area contributed by atoms with Crippen molar-refractivity contribution < 1.29 is 26.3 Å². The van der Waals surface area contributed by atoms with Crippen LogP contribution in [-0.4, -0.2) is 19.9 Å². The second-order valence-electron chi connectivity index (χ2n) is 2.14. The zero-order chi connectivity index (χ0) is 12.0. The average Bonchev–Trinajstić information content (AvgIpc) is 1.81. The summed E-state index contributed by atoms with van der Waals surface area (Å²) >= 11 is 11.2. The first-order chi connectivity index (χ1) is 5.75. The first-order valence-electron chi connectivity index (χ1n) is 2.64. The number of alkyl halides is 10. The third-order valence-electron chi connectivity index (χ3n) is 1.11. The van der Waals surface area contributed by atoms with E-state index in [-0.39, 0.29) is 0 Å². The van der Waals surface area contributed by atoms with Crippen LogP contribution in [0.2, 0.25) is 0 Å². The van der Waals surface area contributed by atoms with Gasteiger partial charge in [0.1, 0.15) is 0 Å². The lowest BCUT2D eigenvalue weighted by atomic mass is 10.2. The van der Waals surface area contributed by atoms with Gasteiger partial charge in [-0.1, -0.05) is 11.6 Å². The number of hydrogen-bond donors (Lipinski definition) is 0. The van der Waals surface area contributed by atoms with E-state index in [2.05, 4.69) is 23.2 Å². The largest absolute Gasteiger partial charge is 0.371 e. The van der Waals surface area contributed by atoms with E-state index in [1.54, 1.807) is 0 Å². The van der Waals surface area contributed by atoms with Crippen LogP contribution >= 0.6 is 55.1 Å². The van der Waals surface area contributed by atoms with Crippen LogP contribution in [0.3, 0.4) is 0 Å². The molecule has 0 N–H and O–H groups in total. The topological polar surface area (TPSA) is 0 Å². The molecule has 0 aliphatic heterocycles. The lowest BCUT2D eigenvalue weighted by molar-refractivity contribution is -0.183. The van der Waals surface area contributed by atoms with Crippen molar-refractivity contribution in [2.24, 2.45) is 0 Å². The summed E-state index contributed by atoms with van der Waals surface area (Å²) < 4.78 is 65.9. The van der Waals surface area contributed by atoms with Crippen LogP contribution in [0.25, 0.3) is 0 Å². The molecule has 0 aromatic carbocycles. The lowest BCUT2D eigenvalue weighted by Crippen LogP contribution is -2.56. The van der Waals surface area contributed by atoms with Gasteiger partial charge in [0.15, 0.2) is 0 Å². The molecular formula is C4Br2Cl2F6. The van der Waals surface area contributed by atoms with E-state index in [1.807, 2.05) is 0 Å². The Kier molecular flexibility index (Phi) is 4.16. The van der Waals surface area contributed by atoms with E-state index in [0.29, 0.717) is 0 Å². The summed E-state index contributed by atoms with van der Waals surface area (Å²) in [7, 11) is 0. The second-order valence-corrected chi connectivity index (χ2v) is 5.78. The highest BCUT2D eigenvalue weighted by Crippen LogP contribution is 2.58. The van der Waals surface area contributed by atoms with Crippen molar-refractivity contribution in [1.29, 1.82) is 0 Å². The molecular weight excluding hydrogens is 393 g/mol. The Labute approximate surface area is 101 Å². The molecule has 0 rings (SSSR count). The van der Waals surface area contributed by atoms with Gasteiger partial charge in [-0.25, -0.2) is 8.78 Å². The predicted molar refractivity (Wildman–Crippen MR) is 47.1 cm³/mol. The van der Waals surface area contributed by atoms with E-state index in [0.717, 1.165) is 0 Å². The van der Waals surface area contributed by atoms with Crippen LogP contribution in [0.15, 0.2) is 0 Å². The molecule has 0 saturated carbocycles. The monoisotopic (exact) mass is 390 g/mol. The smallest absolute Gasteiger partial charge is 0.216 e. The summed E-state index contributed by atoms with van der Waals surface area (Å²) in [6.07, 6.45) is 0. The average molecular weight is 393 g/mol. The summed E-state index contributed by atoms with van der Waals surface area (Å²) in [5.41, 5.74) is 0. The van der Waals surface area contributed by atoms with Crippen LogP contribution in [0.5, 0.6) is 0 Å². The van der Waals surface area contributed by atoms with Crippen molar-refractivity contribution in [3.8, 4) is 0 Å². The summed E-state index contributed by atoms with van der Waals surface area (Å²) in [6, 6.07) is 0. The highest BCUT2D eigenvalue weighted by molar-refractivity contribution is 9.11. The quantitative estimate of drug-likeness (QED) is 0.479. The molecule has 10 heteroatoms. The molecule has 0 heterocycles. The van der Waals surface area contributed by atoms with Crippen LogP contribution in [0.4, 0.5) is 26.3 Å². The van der Waals surface area contributed by atoms with Gasteiger partial charge >= 0.3 is 19.9 Å². The fraction of sp³-hybridized carbons (Fsp3) is 1.00. The Hall–Kier alpha value is 1.12. The van der Waals surface area contributed by atoms with E-state index < -0.39 is 19.9 Å². The summed E-state index contributed by atoms with van der Waals surface area (Å²) in [5.74, 6) is -5.30. The third kappa shape index (κ3) is 2.44. The molecule has 0 saturated heterocycles. The van der Waals surface area contributed by atoms with E-state index in [1.165, 1.54) is 31.9 Å². The van der Waals surface area contributed by atoms with Crippen LogP contribution < -0.4 is 0 Å². The minimum Gasteiger partial charge on any atom is -0.216 e. The molecule has 0 radical (unpaired) electrons. The SMILES string of the molecule is FC(F)(Cl)C(F)(Br)C(F)(F)C(F)(Cl)Br. The van der Waals surface area contributed by atoms with Crippen molar-refractivity contribution >= 4 is 55.1 Å². The molecule has 14 heavy (non-hydrogen) atoms. The maximum Gasteiger partial charge on any atom is 0.371 e. The summed E-state index contributed by atoms with van der Waals surface area (Å²) in [4.78, 5) is 0.